The van der Waals surface area contributed by atoms with E-state index in [1.54, 1.807) is 25.3 Å². The summed E-state index contributed by atoms with van der Waals surface area (Å²) in [5.41, 5.74) is 0.427. The Labute approximate surface area is 139 Å². The van der Waals surface area contributed by atoms with Gasteiger partial charge in [-0.05, 0) is 18.6 Å². The van der Waals surface area contributed by atoms with E-state index in [2.05, 4.69) is 22.4 Å². The number of nitrogens with one attached hydrogen (secondary N) is 1. The highest BCUT2D eigenvalue weighted by molar-refractivity contribution is 7.15. The molecule has 124 valence electrons. The Bertz CT molecular complexity index is 658. The summed E-state index contributed by atoms with van der Waals surface area (Å²) in [5.74, 6) is 0.808. The predicted molar refractivity (Wildman–Crippen MR) is 90.6 cm³/mol. The first-order valence-corrected chi connectivity index (χ1v) is 8.35. The summed E-state index contributed by atoms with van der Waals surface area (Å²) in [4.78, 5) is 12.4. The number of amides is 1. The van der Waals surface area contributed by atoms with E-state index in [1.807, 2.05) is 0 Å². The predicted octanol–water partition coefficient (Wildman–Crippen LogP) is 3.54. The van der Waals surface area contributed by atoms with E-state index in [4.69, 9.17) is 9.47 Å². The number of hydrogen-bond donors (Lipinski definition) is 1. The molecule has 1 heterocycles. The maximum atomic E-state index is 12.4. The molecule has 1 amide bonds. The number of aryl methyl sites for hydroxylation is 1. The van der Waals surface area contributed by atoms with Crippen LogP contribution in [0.25, 0.3) is 0 Å². The van der Waals surface area contributed by atoms with Crippen molar-refractivity contribution in [1.82, 2.24) is 10.2 Å². The topological polar surface area (TPSA) is 73.3 Å². The van der Waals surface area contributed by atoms with Gasteiger partial charge in [0, 0.05) is 12.5 Å². The smallest absolute Gasteiger partial charge is 0.261 e. The maximum Gasteiger partial charge on any atom is 0.261 e. The van der Waals surface area contributed by atoms with Crippen molar-refractivity contribution >= 4 is 22.4 Å². The standard InChI is InChI=1S/C16H21N3O3S/c1-4-5-6-7-14-18-19-16(23-14)17-15(20)12-9-8-11(21-2)10-13(12)22-3/h8-10H,4-7H2,1-3H3,(H,17,19,20). The molecule has 1 N–H and O–H groups in total. The first kappa shape index (κ1) is 17.2. The molecule has 7 heteroatoms. The Hall–Kier alpha value is -2.15. The SMILES string of the molecule is CCCCCc1nnc(NC(=O)c2ccc(OC)cc2OC)s1. The summed E-state index contributed by atoms with van der Waals surface area (Å²) in [6.07, 6.45) is 4.32. The lowest BCUT2D eigenvalue weighted by Gasteiger charge is -2.09. The van der Waals surface area contributed by atoms with E-state index in [-0.39, 0.29) is 5.91 Å². The van der Waals surface area contributed by atoms with Gasteiger partial charge < -0.3 is 9.47 Å². The van der Waals surface area contributed by atoms with Gasteiger partial charge in [0.25, 0.3) is 5.91 Å². The van der Waals surface area contributed by atoms with E-state index in [0.29, 0.717) is 22.2 Å². The molecule has 0 fully saturated rings. The number of unbranched alkanes of at least 4 members (excludes halogenated alkanes) is 2. The van der Waals surface area contributed by atoms with Crippen molar-refractivity contribution in [2.75, 3.05) is 19.5 Å². The number of ether oxygens (including phenoxy) is 2. The van der Waals surface area contributed by atoms with Gasteiger partial charge in [0.15, 0.2) is 0 Å². The molecular formula is C16H21N3O3S. The third-order valence-electron chi connectivity index (χ3n) is 3.33. The molecule has 6 nitrogen and oxygen atoms in total. The van der Waals surface area contributed by atoms with Crippen LogP contribution in [0.5, 0.6) is 11.5 Å². The second-order valence-corrected chi connectivity index (χ2v) is 6.04. The number of nitrogens with zero attached hydrogens (tertiary/aromatic N) is 2. The van der Waals surface area contributed by atoms with Crippen LogP contribution in [0.2, 0.25) is 0 Å². The summed E-state index contributed by atoms with van der Waals surface area (Å²) < 4.78 is 10.4. The van der Waals surface area contributed by atoms with Crippen LogP contribution < -0.4 is 14.8 Å². The highest BCUT2D eigenvalue weighted by atomic mass is 32.1. The summed E-state index contributed by atoms with van der Waals surface area (Å²) in [7, 11) is 3.08. The van der Waals surface area contributed by atoms with Gasteiger partial charge in [0.1, 0.15) is 16.5 Å². The third-order valence-corrected chi connectivity index (χ3v) is 4.23. The van der Waals surface area contributed by atoms with Gasteiger partial charge in [-0.25, -0.2) is 0 Å². The number of rotatable bonds is 8. The molecule has 1 aromatic carbocycles. The van der Waals surface area contributed by atoms with E-state index in [1.165, 1.54) is 31.3 Å². The molecule has 0 aliphatic carbocycles. The molecule has 2 aromatic rings. The van der Waals surface area contributed by atoms with Crippen molar-refractivity contribution < 1.29 is 14.3 Å². The Morgan fingerprint density at radius 1 is 1.22 bits per heavy atom. The molecule has 0 aliphatic heterocycles. The summed E-state index contributed by atoms with van der Waals surface area (Å²) in [6.45, 7) is 2.16. The zero-order valence-corrected chi connectivity index (χ0v) is 14.4. The molecule has 0 bridgehead atoms. The van der Waals surface area contributed by atoms with Gasteiger partial charge in [-0.1, -0.05) is 31.1 Å². The minimum atomic E-state index is -0.277. The molecule has 2 rings (SSSR count). The normalized spacial score (nSPS) is 10.4. The van der Waals surface area contributed by atoms with Crippen LogP contribution in [0.1, 0.15) is 41.6 Å². The fourth-order valence-electron chi connectivity index (χ4n) is 2.08. The Morgan fingerprint density at radius 3 is 2.74 bits per heavy atom. The van der Waals surface area contributed by atoms with E-state index >= 15 is 0 Å². The van der Waals surface area contributed by atoms with Crippen molar-refractivity contribution in [1.29, 1.82) is 0 Å². The van der Waals surface area contributed by atoms with Gasteiger partial charge in [0.05, 0.1) is 19.8 Å². The second-order valence-electron chi connectivity index (χ2n) is 4.98. The van der Waals surface area contributed by atoms with Gasteiger partial charge >= 0.3 is 0 Å². The molecule has 23 heavy (non-hydrogen) atoms. The monoisotopic (exact) mass is 335 g/mol. The van der Waals surface area contributed by atoms with E-state index in [0.717, 1.165) is 17.8 Å². The van der Waals surface area contributed by atoms with Crippen LogP contribution in [-0.4, -0.2) is 30.3 Å². The van der Waals surface area contributed by atoms with Gasteiger partial charge in [-0.15, -0.1) is 10.2 Å². The first-order valence-electron chi connectivity index (χ1n) is 7.53. The van der Waals surface area contributed by atoms with Crippen molar-refractivity contribution in [3.63, 3.8) is 0 Å². The molecule has 0 unspecified atom stereocenters. The average Bonchev–Trinajstić information content (AvgIpc) is 3.01. The highest BCUT2D eigenvalue weighted by Gasteiger charge is 2.15. The molecule has 0 spiro atoms. The van der Waals surface area contributed by atoms with Gasteiger partial charge in [-0.2, -0.15) is 0 Å². The third kappa shape index (κ3) is 4.66. The number of carbonyl (C=O) groups excluding carboxylic acids is 1. The Morgan fingerprint density at radius 2 is 2.04 bits per heavy atom. The van der Waals surface area contributed by atoms with Crippen molar-refractivity contribution in [2.45, 2.75) is 32.6 Å². The summed E-state index contributed by atoms with van der Waals surface area (Å²) in [6, 6.07) is 5.05. The molecular weight excluding hydrogens is 314 g/mol. The molecule has 0 atom stereocenters. The minimum absolute atomic E-state index is 0.277. The lowest BCUT2D eigenvalue weighted by Crippen LogP contribution is -2.13. The lowest BCUT2D eigenvalue weighted by atomic mass is 10.2. The van der Waals surface area contributed by atoms with E-state index in [9.17, 15) is 4.79 Å². The van der Waals surface area contributed by atoms with Crippen LogP contribution >= 0.6 is 11.3 Å². The fourth-order valence-corrected chi connectivity index (χ4v) is 2.86. The van der Waals surface area contributed by atoms with Crippen LogP contribution in [0.3, 0.4) is 0 Å². The van der Waals surface area contributed by atoms with Crippen molar-refractivity contribution in [3.05, 3.63) is 28.8 Å². The van der Waals surface area contributed by atoms with Crippen LogP contribution in [-0.2, 0) is 6.42 Å². The maximum absolute atomic E-state index is 12.4. The quantitative estimate of drug-likeness (QED) is 0.747. The lowest BCUT2D eigenvalue weighted by molar-refractivity contribution is 0.102. The molecule has 0 saturated heterocycles. The number of carbonyl (C=O) groups is 1. The molecule has 1 aromatic heterocycles. The van der Waals surface area contributed by atoms with Crippen molar-refractivity contribution in [3.8, 4) is 11.5 Å². The van der Waals surface area contributed by atoms with Crippen LogP contribution in [0, 0.1) is 0 Å². The number of anilines is 1. The number of methoxy groups -OCH3 is 2. The summed E-state index contributed by atoms with van der Waals surface area (Å²) in [5, 5.41) is 12.3. The van der Waals surface area contributed by atoms with Crippen LogP contribution in [0.4, 0.5) is 5.13 Å². The summed E-state index contributed by atoms with van der Waals surface area (Å²) >= 11 is 1.41. The number of aromatic nitrogens is 2. The van der Waals surface area contributed by atoms with Gasteiger partial charge in [0.2, 0.25) is 5.13 Å². The number of hydrogen-bond acceptors (Lipinski definition) is 6. The molecule has 0 aliphatic rings. The molecule has 0 radical (unpaired) electrons. The fraction of sp³-hybridized carbons (Fsp3) is 0.438. The second kappa shape index (κ2) is 8.47. The van der Waals surface area contributed by atoms with E-state index < -0.39 is 0 Å². The van der Waals surface area contributed by atoms with Crippen molar-refractivity contribution in [2.24, 2.45) is 0 Å². The molecule has 0 saturated carbocycles. The Balaban J connectivity index is 2.04. The Kier molecular flexibility index (Phi) is 6.34. The first-order chi connectivity index (χ1) is 11.2. The zero-order chi connectivity index (χ0) is 16.7. The zero-order valence-electron chi connectivity index (χ0n) is 13.6. The van der Waals surface area contributed by atoms with Gasteiger partial charge in [-0.3, -0.25) is 10.1 Å². The highest BCUT2D eigenvalue weighted by Crippen LogP contribution is 2.26. The average molecular weight is 335 g/mol. The van der Waals surface area contributed by atoms with Crippen LogP contribution in [0.15, 0.2) is 18.2 Å². The largest absolute Gasteiger partial charge is 0.497 e. The minimum Gasteiger partial charge on any atom is -0.497 e. The number of benzene rings is 1.